The molecule has 0 aromatic carbocycles. The lowest BCUT2D eigenvalue weighted by atomic mass is 9.97. The fraction of sp³-hybridized carbons (Fsp3) is 0.789. The van der Waals surface area contributed by atoms with Gasteiger partial charge in [0.2, 0.25) is 0 Å². The highest BCUT2D eigenvalue weighted by Gasteiger charge is 2.26. The molecule has 2 saturated heterocycles. The van der Waals surface area contributed by atoms with E-state index in [0.717, 1.165) is 43.7 Å². The first kappa shape index (κ1) is 19.2. The van der Waals surface area contributed by atoms with Crippen LogP contribution in [0.3, 0.4) is 0 Å². The average molecular weight is 363 g/mol. The highest BCUT2D eigenvalue weighted by Crippen LogP contribution is 2.22. The van der Waals surface area contributed by atoms with E-state index in [0.29, 0.717) is 0 Å². The molecular weight excluding hydrogens is 328 g/mol. The van der Waals surface area contributed by atoms with Gasteiger partial charge in [-0.15, -0.1) is 0 Å². The second-order valence-electron chi connectivity index (χ2n) is 7.47. The van der Waals surface area contributed by atoms with E-state index in [4.69, 9.17) is 4.74 Å². The number of likely N-dealkylation sites (tertiary alicyclic amines) is 1. The van der Waals surface area contributed by atoms with E-state index in [1.54, 1.807) is 0 Å². The SMILES string of the molecule is CCCN1CCC(CNC(=NC)N2CCOC(c3cnn(C)c3)C2)CC1. The molecule has 1 atom stereocenters. The lowest BCUT2D eigenvalue weighted by Crippen LogP contribution is -2.49. The van der Waals surface area contributed by atoms with Crippen molar-refractivity contribution in [3.63, 3.8) is 0 Å². The number of aliphatic imine (C=N–C) groups is 1. The maximum absolute atomic E-state index is 5.95. The predicted octanol–water partition coefficient (Wildman–Crippen LogP) is 1.49. The van der Waals surface area contributed by atoms with Crippen LogP contribution in [0.2, 0.25) is 0 Å². The van der Waals surface area contributed by atoms with Crippen LogP contribution in [0, 0.1) is 5.92 Å². The Balaban J connectivity index is 1.48. The Bertz CT molecular complexity index is 578. The first-order valence-corrected chi connectivity index (χ1v) is 9.97. The molecule has 1 unspecified atom stereocenters. The Morgan fingerprint density at radius 1 is 1.35 bits per heavy atom. The molecule has 1 N–H and O–H groups in total. The minimum atomic E-state index is 0.0632. The van der Waals surface area contributed by atoms with Crippen LogP contribution < -0.4 is 5.32 Å². The summed E-state index contributed by atoms with van der Waals surface area (Å²) in [5.41, 5.74) is 1.14. The molecule has 0 spiro atoms. The summed E-state index contributed by atoms with van der Waals surface area (Å²) >= 11 is 0. The summed E-state index contributed by atoms with van der Waals surface area (Å²) in [6.45, 7) is 9.41. The minimum absolute atomic E-state index is 0.0632. The van der Waals surface area contributed by atoms with Crippen molar-refractivity contribution < 1.29 is 4.74 Å². The van der Waals surface area contributed by atoms with Gasteiger partial charge in [-0.1, -0.05) is 6.92 Å². The molecule has 0 amide bonds. The summed E-state index contributed by atoms with van der Waals surface area (Å²) in [7, 11) is 3.82. The van der Waals surface area contributed by atoms with E-state index in [9.17, 15) is 0 Å². The number of guanidine groups is 1. The molecule has 0 radical (unpaired) electrons. The third-order valence-electron chi connectivity index (χ3n) is 5.47. The van der Waals surface area contributed by atoms with Gasteiger partial charge in [0.1, 0.15) is 6.10 Å². The van der Waals surface area contributed by atoms with Crippen LogP contribution in [0.1, 0.15) is 37.9 Å². The summed E-state index contributed by atoms with van der Waals surface area (Å²) in [4.78, 5) is 9.42. The molecule has 3 rings (SSSR count). The first-order chi connectivity index (χ1) is 12.7. The quantitative estimate of drug-likeness (QED) is 0.635. The van der Waals surface area contributed by atoms with Gasteiger partial charge in [0, 0.05) is 38.9 Å². The number of nitrogens with one attached hydrogen (secondary N) is 1. The van der Waals surface area contributed by atoms with Crippen molar-refractivity contribution in [2.24, 2.45) is 18.0 Å². The molecule has 2 aliphatic heterocycles. The Kier molecular flexibility index (Phi) is 6.91. The zero-order valence-electron chi connectivity index (χ0n) is 16.5. The number of aromatic nitrogens is 2. The van der Waals surface area contributed by atoms with Crippen LogP contribution in [0.4, 0.5) is 0 Å². The van der Waals surface area contributed by atoms with Crippen LogP contribution in [0.15, 0.2) is 17.4 Å². The Morgan fingerprint density at radius 2 is 2.15 bits per heavy atom. The van der Waals surface area contributed by atoms with Crippen LogP contribution >= 0.6 is 0 Å². The Hall–Kier alpha value is -1.60. The maximum Gasteiger partial charge on any atom is 0.193 e. The van der Waals surface area contributed by atoms with Gasteiger partial charge < -0.3 is 19.9 Å². The minimum Gasteiger partial charge on any atom is -0.370 e. The first-order valence-electron chi connectivity index (χ1n) is 9.97. The topological polar surface area (TPSA) is 57.9 Å². The lowest BCUT2D eigenvalue weighted by molar-refractivity contribution is -0.00812. The number of ether oxygens (including phenoxy) is 1. The van der Waals surface area contributed by atoms with Gasteiger partial charge in [-0.2, -0.15) is 5.10 Å². The van der Waals surface area contributed by atoms with Crippen molar-refractivity contribution in [3.05, 3.63) is 18.0 Å². The Morgan fingerprint density at radius 3 is 2.81 bits per heavy atom. The summed E-state index contributed by atoms with van der Waals surface area (Å²) < 4.78 is 7.78. The van der Waals surface area contributed by atoms with Gasteiger partial charge >= 0.3 is 0 Å². The number of hydrogen-bond acceptors (Lipinski definition) is 4. The second-order valence-corrected chi connectivity index (χ2v) is 7.47. The molecule has 1 aromatic heterocycles. The molecule has 7 nitrogen and oxygen atoms in total. The van der Waals surface area contributed by atoms with E-state index < -0.39 is 0 Å². The zero-order valence-corrected chi connectivity index (χ0v) is 16.5. The van der Waals surface area contributed by atoms with Gasteiger partial charge in [-0.25, -0.2) is 0 Å². The molecule has 7 heteroatoms. The third-order valence-corrected chi connectivity index (χ3v) is 5.47. The van der Waals surface area contributed by atoms with Crippen molar-refractivity contribution in [3.8, 4) is 0 Å². The number of nitrogens with zero attached hydrogens (tertiary/aromatic N) is 5. The van der Waals surface area contributed by atoms with E-state index in [2.05, 4.69) is 32.1 Å². The molecule has 0 bridgehead atoms. The molecule has 146 valence electrons. The number of aryl methyl sites for hydroxylation is 1. The number of rotatable bonds is 5. The second kappa shape index (κ2) is 9.37. The summed E-state index contributed by atoms with van der Waals surface area (Å²) in [6.07, 6.45) is 7.82. The van der Waals surface area contributed by atoms with Crippen molar-refractivity contribution in [1.29, 1.82) is 0 Å². The van der Waals surface area contributed by atoms with E-state index in [1.165, 1.54) is 38.9 Å². The lowest BCUT2D eigenvalue weighted by Gasteiger charge is -2.36. The standard InChI is InChI=1S/C19H34N6O/c1-4-7-24-8-5-16(6-9-24)12-21-19(20-2)25-10-11-26-18(15-25)17-13-22-23(3)14-17/h13-14,16,18H,4-12,15H2,1-3H3,(H,20,21). The van der Waals surface area contributed by atoms with Crippen LogP contribution in [0.5, 0.6) is 0 Å². The van der Waals surface area contributed by atoms with Crippen molar-refractivity contribution in [2.75, 3.05) is 52.9 Å². The van der Waals surface area contributed by atoms with E-state index in [1.807, 2.05) is 31.2 Å². The number of piperidine rings is 1. The van der Waals surface area contributed by atoms with Gasteiger partial charge in [0.25, 0.3) is 0 Å². The monoisotopic (exact) mass is 362 g/mol. The molecule has 26 heavy (non-hydrogen) atoms. The highest BCUT2D eigenvalue weighted by molar-refractivity contribution is 5.80. The summed E-state index contributed by atoms with van der Waals surface area (Å²) in [6, 6.07) is 0. The maximum atomic E-state index is 5.95. The van der Waals surface area contributed by atoms with Crippen molar-refractivity contribution in [1.82, 2.24) is 24.9 Å². The van der Waals surface area contributed by atoms with Gasteiger partial charge in [-0.05, 0) is 44.8 Å². The van der Waals surface area contributed by atoms with Gasteiger partial charge in [0.05, 0.1) is 19.3 Å². The third kappa shape index (κ3) is 4.98. The van der Waals surface area contributed by atoms with Crippen molar-refractivity contribution >= 4 is 5.96 Å². The van der Waals surface area contributed by atoms with Crippen LogP contribution in [-0.2, 0) is 11.8 Å². The molecule has 0 saturated carbocycles. The molecule has 2 fully saturated rings. The van der Waals surface area contributed by atoms with Crippen LogP contribution in [0.25, 0.3) is 0 Å². The smallest absolute Gasteiger partial charge is 0.193 e. The molecule has 2 aliphatic rings. The normalized spacial score (nSPS) is 23.4. The number of morpholine rings is 1. The Labute approximate surface area is 157 Å². The average Bonchev–Trinajstić information content (AvgIpc) is 3.11. The van der Waals surface area contributed by atoms with E-state index in [-0.39, 0.29) is 6.10 Å². The van der Waals surface area contributed by atoms with E-state index >= 15 is 0 Å². The van der Waals surface area contributed by atoms with Gasteiger partial charge in [0.15, 0.2) is 5.96 Å². The van der Waals surface area contributed by atoms with Crippen LogP contribution in [-0.4, -0.2) is 78.5 Å². The molecule has 3 heterocycles. The molecule has 1 aromatic rings. The fourth-order valence-electron chi connectivity index (χ4n) is 3.95. The number of hydrogen-bond donors (Lipinski definition) is 1. The fourth-order valence-corrected chi connectivity index (χ4v) is 3.95. The zero-order chi connectivity index (χ0) is 18.4. The van der Waals surface area contributed by atoms with Gasteiger partial charge in [-0.3, -0.25) is 9.67 Å². The summed E-state index contributed by atoms with van der Waals surface area (Å²) in [5.74, 6) is 1.74. The highest BCUT2D eigenvalue weighted by atomic mass is 16.5. The largest absolute Gasteiger partial charge is 0.370 e. The predicted molar refractivity (Wildman–Crippen MR) is 104 cm³/mol. The molecule has 0 aliphatic carbocycles. The molecular formula is C19H34N6O. The summed E-state index contributed by atoms with van der Waals surface area (Å²) in [5, 5.41) is 7.88. The van der Waals surface area contributed by atoms with Crippen molar-refractivity contribution in [2.45, 2.75) is 32.3 Å².